The standard InChI is InChI=1S/C6H9N3S/c7-5-3-8-6-9(4-5)1-2-10-6/h1-2,5H,3-4,7H2. The van der Waals surface area contributed by atoms with E-state index in [2.05, 4.69) is 9.89 Å². The number of hydrogen-bond acceptors (Lipinski definition) is 4. The molecule has 0 aromatic carbocycles. The predicted molar refractivity (Wildman–Crippen MR) is 43.7 cm³/mol. The third-order valence-corrected chi connectivity index (χ3v) is 2.38. The van der Waals surface area contributed by atoms with E-state index in [0.29, 0.717) is 0 Å². The summed E-state index contributed by atoms with van der Waals surface area (Å²) in [6.07, 6.45) is 2.03. The first-order valence-corrected chi connectivity index (χ1v) is 4.14. The molecule has 0 fully saturated rings. The van der Waals surface area contributed by atoms with Gasteiger partial charge in [-0.1, -0.05) is 11.8 Å². The molecule has 1 atom stereocenters. The second-order valence-electron chi connectivity index (χ2n) is 2.44. The van der Waals surface area contributed by atoms with Crippen molar-refractivity contribution in [2.24, 2.45) is 10.7 Å². The number of nitrogens with zero attached hydrogens (tertiary/aromatic N) is 2. The molecular weight excluding hydrogens is 146 g/mol. The van der Waals surface area contributed by atoms with Crippen LogP contribution in [0.15, 0.2) is 16.6 Å². The monoisotopic (exact) mass is 155 g/mol. The van der Waals surface area contributed by atoms with Crippen molar-refractivity contribution in [1.82, 2.24) is 4.90 Å². The summed E-state index contributed by atoms with van der Waals surface area (Å²) in [5, 5.41) is 3.14. The molecule has 54 valence electrons. The van der Waals surface area contributed by atoms with Gasteiger partial charge in [-0.2, -0.15) is 0 Å². The minimum Gasteiger partial charge on any atom is -0.325 e. The Morgan fingerprint density at radius 1 is 1.80 bits per heavy atom. The molecule has 0 bridgehead atoms. The lowest BCUT2D eigenvalue weighted by atomic mass is 10.3. The molecule has 0 saturated heterocycles. The molecule has 2 N–H and O–H groups in total. The van der Waals surface area contributed by atoms with Crippen molar-refractivity contribution in [3.63, 3.8) is 0 Å². The average molecular weight is 155 g/mol. The van der Waals surface area contributed by atoms with E-state index in [1.165, 1.54) is 0 Å². The van der Waals surface area contributed by atoms with Gasteiger partial charge in [0, 0.05) is 18.8 Å². The SMILES string of the molecule is NC1CN=C2SC=CN2C1. The van der Waals surface area contributed by atoms with Gasteiger partial charge in [0.05, 0.1) is 6.54 Å². The first-order valence-electron chi connectivity index (χ1n) is 3.26. The smallest absolute Gasteiger partial charge is 0.167 e. The van der Waals surface area contributed by atoms with Crippen molar-refractivity contribution in [2.45, 2.75) is 6.04 Å². The highest BCUT2D eigenvalue weighted by Gasteiger charge is 2.20. The fraction of sp³-hybridized carbons (Fsp3) is 0.500. The summed E-state index contributed by atoms with van der Waals surface area (Å²) in [5.74, 6) is 0. The Morgan fingerprint density at radius 2 is 2.70 bits per heavy atom. The second-order valence-corrected chi connectivity index (χ2v) is 3.31. The number of amidine groups is 1. The molecule has 0 saturated carbocycles. The van der Waals surface area contributed by atoms with Crippen molar-refractivity contribution >= 4 is 16.9 Å². The number of nitrogens with two attached hydrogens (primary N) is 1. The minimum atomic E-state index is 0.215. The Kier molecular flexibility index (Phi) is 1.43. The minimum absolute atomic E-state index is 0.215. The molecule has 2 aliphatic heterocycles. The summed E-state index contributed by atoms with van der Waals surface area (Å²) in [6.45, 7) is 1.70. The zero-order chi connectivity index (χ0) is 6.97. The van der Waals surface area contributed by atoms with Crippen molar-refractivity contribution in [3.8, 4) is 0 Å². The third kappa shape index (κ3) is 0.932. The van der Waals surface area contributed by atoms with Gasteiger partial charge in [0.15, 0.2) is 5.17 Å². The van der Waals surface area contributed by atoms with E-state index in [9.17, 15) is 0 Å². The molecule has 2 heterocycles. The van der Waals surface area contributed by atoms with Gasteiger partial charge in [-0.15, -0.1) is 0 Å². The lowest BCUT2D eigenvalue weighted by Gasteiger charge is -2.24. The first kappa shape index (κ1) is 6.24. The van der Waals surface area contributed by atoms with E-state index in [4.69, 9.17) is 5.73 Å². The Labute approximate surface area is 64.0 Å². The summed E-state index contributed by atoms with van der Waals surface area (Å²) >= 11 is 1.67. The molecule has 0 spiro atoms. The van der Waals surface area contributed by atoms with Gasteiger partial charge in [0.25, 0.3) is 0 Å². The molecule has 10 heavy (non-hydrogen) atoms. The van der Waals surface area contributed by atoms with Gasteiger partial charge in [-0.05, 0) is 5.41 Å². The summed E-state index contributed by atoms with van der Waals surface area (Å²) < 4.78 is 0. The second kappa shape index (κ2) is 2.29. The van der Waals surface area contributed by atoms with Crippen LogP contribution >= 0.6 is 11.8 Å². The van der Waals surface area contributed by atoms with Crippen LogP contribution in [0.3, 0.4) is 0 Å². The van der Waals surface area contributed by atoms with Gasteiger partial charge < -0.3 is 10.6 Å². The van der Waals surface area contributed by atoms with E-state index < -0.39 is 0 Å². The maximum Gasteiger partial charge on any atom is 0.167 e. The molecule has 2 rings (SSSR count). The summed E-state index contributed by atoms with van der Waals surface area (Å²) in [4.78, 5) is 6.39. The van der Waals surface area contributed by atoms with Gasteiger partial charge in [0.1, 0.15) is 0 Å². The van der Waals surface area contributed by atoms with Crippen LogP contribution in [0.5, 0.6) is 0 Å². The Morgan fingerprint density at radius 3 is 3.60 bits per heavy atom. The van der Waals surface area contributed by atoms with Crippen LogP contribution in [-0.4, -0.2) is 29.2 Å². The number of fused-ring (bicyclic) bond motifs is 1. The van der Waals surface area contributed by atoms with E-state index in [1.807, 2.05) is 11.6 Å². The molecule has 2 aliphatic rings. The molecule has 0 amide bonds. The lowest BCUT2D eigenvalue weighted by Crippen LogP contribution is -2.41. The molecule has 0 aromatic heterocycles. The molecule has 1 unspecified atom stereocenters. The highest BCUT2D eigenvalue weighted by molar-refractivity contribution is 8.16. The lowest BCUT2D eigenvalue weighted by molar-refractivity contribution is 0.470. The zero-order valence-electron chi connectivity index (χ0n) is 5.53. The summed E-state index contributed by atoms with van der Waals surface area (Å²) in [5.41, 5.74) is 5.70. The molecule has 0 aromatic rings. The number of thioether (sulfide) groups is 1. The first-order chi connectivity index (χ1) is 4.86. The molecule has 0 radical (unpaired) electrons. The molecule has 0 aliphatic carbocycles. The van der Waals surface area contributed by atoms with Crippen LogP contribution < -0.4 is 5.73 Å². The van der Waals surface area contributed by atoms with E-state index in [1.54, 1.807) is 11.8 Å². The van der Waals surface area contributed by atoms with Crippen molar-refractivity contribution < 1.29 is 0 Å². The van der Waals surface area contributed by atoms with E-state index in [-0.39, 0.29) is 6.04 Å². The fourth-order valence-corrected chi connectivity index (χ4v) is 1.82. The third-order valence-electron chi connectivity index (χ3n) is 1.55. The molecule has 3 nitrogen and oxygen atoms in total. The van der Waals surface area contributed by atoms with Crippen molar-refractivity contribution in [1.29, 1.82) is 0 Å². The van der Waals surface area contributed by atoms with Crippen molar-refractivity contribution in [2.75, 3.05) is 13.1 Å². The Hall–Kier alpha value is -0.480. The average Bonchev–Trinajstić information content (AvgIpc) is 2.33. The normalized spacial score (nSPS) is 30.3. The largest absolute Gasteiger partial charge is 0.325 e. The quantitative estimate of drug-likeness (QED) is 0.543. The van der Waals surface area contributed by atoms with Gasteiger partial charge in [-0.3, -0.25) is 4.99 Å². The van der Waals surface area contributed by atoms with Crippen LogP contribution in [-0.2, 0) is 0 Å². The van der Waals surface area contributed by atoms with Gasteiger partial charge >= 0.3 is 0 Å². The topological polar surface area (TPSA) is 41.6 Å². The predicted octanol–water partition coefficient (Wildman–Crippen LogP) is 0.203. The van der Waals surface area contributed by atoms with Gasteiger partial charge in [-0.25, -0.2) is 0 Å². The molecule has 4 heteroatoms. The van der Waals surface area contributed by atoms with Crippen LogP contribution in [0.2, 0.25) is 0 Å². The Balaban J connectivity index is 2.18. The maximum atomic E-state index is 5.70. The van der Waals surface area contributed by atoms with Crippen molar-refractivity contribution in [3.05, 3.63) is 11.6 Å². The number of aliphatic imine (C=N–C) groups is 1. The number of hydrogen-bond donors (Lipinski definition) is 1. The maximum absolute atomic E-state index is 5.70. The van der Waals surface area contributed by atoms with E-state index >= 15 is 0 Å². The van der Waals surface area contributed by atoms with Crippen LogP contribution in [0.25, 0.3) is 0 Å². The van der Waals surface area contributed by atoms with E-state index in [0.717, 1.165) is 18.3 Å². The Bertz CT molecular complexity index is 199. The zero-order valence-corrected chi connectivity index (χ0v) is 6.34. The van der Waals surface area contributed by atoms with Crippen LogP contribution in [0, 0.1) is 0 Å². The summed E-state index contributed by atoms with van der Waals surface area (Å²) in [7, 11) is 0. The van der Waals surface area contributed by atoms with Crippen LogP contribution in [0.1, 0.15) is 0 Å². The van der Waals surface area contributed by atoms with Crippen LogP contribution in [0.4, 0.5) is 0 Å². The highest BCUT2D eigenvalue weighted by atomic mass is 32.2. The fourth-order valence-electron chi connectivity index (χ4n) is 1.07. The molecular formula is C6H9N3S. The van der Waals surface area contributed by atoms with Gasteiger partial charge in [0.2, 0.25) is 0 Å². The number of rotatable bonds is 0. The highest BCUT2D eigenvalue weighted by Crippen LogP contribution is 2.21. The summed E-state index contributed by atoms with van der Waals surface area (Å²) in [6, 6.07) is 0.215.